The van der Waals surface area contributed by atoms with Crippen molar-refractivity contribution in [1.29, 1.82) is 5.26 Å². The van der Waals surface area contributed by atoms with Crippen molar-refractivity contribution >= 4 is 11.9 Å². The number of nitrogens with zero attached hydrogens (tertiary/aromatic N) is 5. The molecule has 0 N–H and O–H groups in total. The second-order valence-corrected chi connectivity index (χ2v) is 7.96. The molecule has 1 amide bonds. The Labute approximate surface area is 183 Å². The van der Waals surface area contributed by atoms with E-state index in [9.17, 15) is 18.0 Å². The van der Waals surface area contributed by atoms with Crippen molar-refractivity contribution in [2.75, 3.05) is 31.1 Å². The number of hydrogen-bond acceptors (Lipinski definition) is 6. The highest BCUT2D eigenvalue weighted by molar-refractivity contribution is 5.86. The Balaban J connectivity index is 1.44. The Hall–Kier alpha value is -3.35. The molecular formula is C22H22F3N5O2. The lowest BCUT2D eigenvalue weighted by atomic mass is 9.99. The molecule has 1 saturated carbocycles. The highest BCUT2D eigenvalue weighted by Crippen LogP contribution is 2.36. The zero-order valence-electron chi connectivity index (χ0n) is 17.3. The molecule has 2 aliphatic rings. The minimum absolute atomic E-state index is 0.0105. The molecule has 10 heteroatoms. The number of piperazine rings is 1. The monoisotopic (exact) mass is 445 g/mol. The van der Waals surface area contributed by atoms with E-state index in [1.807, 2.05) is 0 Å². The molecule has 0 bridgehead atoms. The smallest absolute Gasteiger partial charge is 0.433 e. The summed E-state index contributed by atoms with van der Waals surface area (Å²) in [4.78, 5) is 24.4. The standard InChI is InChI=1S/C22H22F3N5O2/c23-22(24,25)18-7-10-27-20(28-18)30-13-11-29(12-14-30)19(31)21(8-1-2-9-21)32-17-5-3-16(15-26)4-6-17/h3-7,10H,1-2,8-9,11-14H2. The summed E-state index contributed by atoms with van der Waals surface area (Å²) in [6.45, 7) is 1.35. The largest absolute Gasteiger partial charge is 0.477 e. The number of rotatable bonds is 4. The molecule has 1 saturated heterocycles. The molecule has 0 spiro atoms. The van der Waals surface area contributed by atoms with Crippen LogP contribution in [0.15, 0.2) is 36.5 Å². The Morgan fingerprint density at radius 3 is 2.31 bits per heavy atom. The molecule has 0 atom stereocenters. The van der Waals surface area contributed by atoms with Crippen LogP contribution >= 0.6 is 0 Å². The SMILES string of the molecule is N#Cc1ccc(OC2(C(=O)N3CCN(c4nccc(C(F)(F)F)n4)CC3)CCCC2)cc1. The first-order chi connectivity index (χ1) is 15.3. The van der Waals surface area contributed by atoms with E-state index in [2.05, 4.69) is 16.0 Å². The summed E-state index contributed by atoms with van der Waals surface area (Å²) in [7, 11) is 0. The highest BCUT2D eigenvalue weighted by Gasteiger charge is 2.46. The number of carbonyl (C=O) groups is 1. The van der Waals surface area contributed by atoms with Gasteiger partial charge in [0, 0.05) is 32.4 Å². The van der Waals surface area contributed by atoms with E-state index in [-0.39, 0.29) is 11.9 Å². The highest BCUT2D eigenvalue weighted by atomic mass is 19.4. The third-order valence-corrected chi connectivity index (χ3v) is 5.88. The van der Waals surface area contributed by atoms with E-state index >= 15 is 0 Å². The summed E-state index contributed by atoms with van der Waals surface area (Å²) in [6, 6.07) is 9.57. The van der Waals surface area contributed by atoms with Crippen molar-refractivity contribution in [2.45, 2.75) is 37.5 Å². The molecule has 2 aromatic rings. The minimum atomic E-state index is -4.53. The second kappa shape index (κ2) is 8.65. The van der Waals surface area contributed by atoms with Crippen LogP contribution in [-0.4, -0.2) is 52.6 Å². The van der Waals surface area contributed by atoms with Gasteiger partial charge in [-0.25, -0.2) is 9.97 Å². The molecule has 7 nitrogen and oxygen atoms in total. The fourth-order valence-corrected chi connectivity index (χ4v) is 4.19. The molecule has 1 aromatic heterocycles. The van der Waals surface area contributed by atoms with Crippen LogP contribution in [0.5, 0.6) is 5.75 Å². The molecule has 1 aliphatic carbocycles. The molecule has 4 rings (SSSR count). The molecule has 2 fully saturated rings. The number of carbonyl (C=O) groups excluding carboxylic acids is 1. The predicted octanol–water partition coefficient (Wildman–Crippen LogP) is 3.41. The Morgan fingerprint density at radius 2 is 1.72 bits per heavy atom. The maximum absolute atomic E-state index is 13.4. The first-order valence-electron chi connectivity index (χ1n) is 10.4. The molecule has 2 heterocycles. The van der Waals surface area contributed by atoms with Crippen LogP contribution in [0.3, 0.4) is 0 Å². The van der Waals surface area contributed by atoms with Gasteiger partial charge < -0.3 is 14.5 Å². The van der Waals surface area contributed by atoms with Crippen LogP contribution < -0.4 is 9.64 Å². The fraction of sp³-hybridized carbons (Fsp3) is 0.455. The molecular weight excluding hydrogens is 423 g/mol. The van der Waals surface area contributed by atoms with Gasteiger partial charge >= 0.3 is 6.18 Å². The van der Waals surface area contributed by atoms with Gasteiger partial charge in [0.1, 0.15) is 11.4 Å². The van der Waals surface area contributed by atoms with Crippen LogP contribution in [0.4, 0.5) is 19.1 Å². The molecule has 1 aliphatic heterocycles. The van der Waals surface area contributed by atoms with Crippen LogP contribution in [0.2, 0.25) is 0 Å². The van der Waals surface area contributed by atoms with Gasteiger partial charge in [-0.05, 0) is 56.0 Å². The summed E-state index contributed by atoms with van der Waals surface area (Å²) in [6.07, 6.45) is -0.486. The van der Waals surface area contributed by atoms with E-state index in [0.29, 0.717) is 50.3 Å². The average Bonchev–Trinajstić information content (AvgIpc) is 3.28. The number of ether oxygens (including phenoxy) is 1. The molecule has 0 unspecified atom stereocenters. The fourth-order valence-electron chi connectivity index (χ4n) is 4.19. The molecule has 0 radical (unpaired) electrons. The third-order valence-electron chi connectivity index (χ3n) is 5.88. The number of amides is 1. The van der Waals surface area contributed by atoms with Crippen LogP contribution in [-0.2, 0) is 11.0 Å². The van der Waals surface area contributed by atoms with Gasteiger partial charge in [-0.15, -0.1) is 0 Å². The minimum Gasteiger partial charge on any atom is -0.477 e. The Morgan fingerprint density at radius 1 is 1.06 bits per heavy atom. The molecule has 32 heavy (non-hydrogen) atoms. The first kappa shape index (κ1) is 21.9. The van der Waals surface area contributed by atoms with Crippen LogP contribution in [0, 0.1) is 11.3 Å². The lowest BCUT2D eigenvalue weighted by Crippen LogP contribution is -2.57. The predicted molar refractivity (Wildman–Crippen MR) is 109 cm³/mol. The molecule has 168 valence electrons. The van der Waals surface area contributed by atoms with Crippen molar-refractivity contribution < 1.29 is 22.7 Å². The van der Waals surface area contributed by atoms with Gasteiger partial charge in [0.2, 0.25) is 5.95 Å². The normalized spacial score (nSPS) is 18.3. The van der Waals surface area contributed by atoms with Crippen LogP contribution in [0.25, 0.3) is 0 Å². The van der Waals surface area contributed by atoms with Crippen molar-refractivity contribution in [2.24, 2.45) is 0 Å². The number of hydrogen-bond donors (Lipinski definition) is 0. The van der Waals surface area contributed by atoms with Gasteiger partial charge in [-0.3, -0.25) is 4.79 Å². The summed E-state index contributed by atoms with van der Waals surface area (Å²) in [5.41, 5.74) is -1.43. The number of nitriles is 1. The first-order valence-corrected chi connectivity index (χ1v) is 10.4. The quantitative estimate of drug-likeness (QED) is 0.718. The average molecular weight is 445 g/mol. The van der Waals surface area contributed by atoms with Gasteiger partial charge in [0.15, 0.2) is 5.60 Å². The van der Waals surface area contributed by atoms with Gasteiger partial charge in [0.25, 0.3) is 5.91 Å². The lowest BCUT2D eigenvalue weighted by molar-refractivity contribution is -0.148. The summed E-state index contributed by atoms with van der Waals surface area (Å²) in [5, 5.41) is 8.96. The second-order valence-electron chi connectivity index (χ2n) is 7.96. The van der Waals surface area contributed by atoms with E-state index < -0.39 is 17.5 Å². The van der Waals surface area contributed by atoms with Crippen molar-refractivity contribution in [3.63, 3.8) is 0 Å². The zero-order valence-corrected chi connectivity index (χ0v) is 17.3. The van der Waals surface area contributed by atoms with Crippen molar-refractivity contribution in [1.82, 2.24) is 14.9 Å². The van der Waals surface area contributed by atoms with Gasteiger partial charge in [-0.1, -0.05) is 0 Å². The number of halogens is 3. The van der Waals surface area contributed by atoms with Crippen LogP contribution in [0.1, 0.15) is 36.9 Å². The third kappa shape index (κ3) is 4.47. The zero-order chi connectivity index (χ0) is 22.8. The topological polar surface area (TPSA) is 82.4 Å². The lowest BCUT2D eigenvalue weighted by Gasteiger charge is -2.39. The Kier molecular flexibility index (Phi) is 5.91. The Bertz CT molecular complexity index is 1010. The summed E-state index contributed by atoms with van der Waals surface area (Å²) in [5.74, 6) is 0.440. The molecule has 1 aromatic carbocycles. The maximum Gasteiger partial charge on any atom is 0.433 e. The number of benzene rings is 1. The van der Waals surface area contributed by atoms with Crippen molar-refractivity contribution in [3.05, 3.63) is 47.8 Å². The van der Waals surface area contributed by atoms with Gasteiger partial charge in [-0.2, -0.15) is 18.4 Å². The van der Waals surface area contributed by atoms with Gasteiger partial charge in [0.05, 0.1) is 11.6 Å². The van der Waals surface area contributed by atoms with E-state index in [1.54, 1.807) is 34.1 Å². The van der Waals surface area contributed by atoms with Crippen molar-refractivity contribution in [3.8, 4) is 11.8 Å². The number of alkyl halides is 3. The van der Waals surface area contributed by atoms with E-state index in [0.717, 1.165) is 25.1 Å². The summed E-state index contributed by atoms with van der Waals surface area (Å²) >= 11 is 0. The summed E-state index contributed by atoms with van der Waals surface area (Å²) < 4.78 is 45.0. The van der Waals surface area contributed by atoms with E-state index in [1.165, 1.54) is 0 Å². The number of aromatic nitrogens is 2. The van der Waals surface area contributed by atoms with E-state index in [4.69, 9.17) is 10.00 Å². The number of anilines is 1. The maximum atomic E-state index is 13.4.